The van der Waals surface area contributed by atoms with E-state index in [9.17, 15) is 4.79 Å². The van der Waals surface area contributed by atoms with Gasteiger partial charge < -0.3 is 13.8 Å². The van der Waals surface area contributed by atoms with E-state index in [1.165, 1.54) is 0 Å². The molecule has 0 atom stereocenters. The van der Waals surface area contributed by atoms with Gasteiger partial charge in [0.05, 0.1) is 12.1 Å². The Morgan fingerprint density at radius 1 is 1.20 bits per heavy atom. The van der Waals surface area contributed by atoms with Crippen LogP contribution >= 0.6 is 0 Å². The Hall–Kier alpha value is -2.15. The largest absolute Gasteiger partial charge is 0.466 e. The van der Waals surface area contributed by atoms with Crippen molar-refractivity contribution in [2.75, 3.05) is 26.2 Å². The fourth-order valence-corrected chi connectivity index (χ4v) is 2.95. The second-order valence-corrected chi connectivity index (χ2v) is 7.66. The van der Waals surface area contributed by atoms with Crippen molar-refractivity contribution in [3.63, 3.8) is 0 Å². The van der Waals surface area contributed by atoms with Crippen LogP contribution in [0.15, 0.2) is 15.0 Å². The zero-order chi connectivity index (χ0) is 18.2. The van der Waals surface area contributed by atoms with Crippen LogP contribution in [-0.2, 0) is 12.0 Å². The highest BCUT2D eigenvalue weighted by atomic mass is 16.5. The Bertz CT molecular complexity index is 749. The molecule has 3 heterocycles. The molecule has 0 saturated carbocycles. The molecule has 0 radical (unpaired) electrons. The number of furan rings is 1. The normalized spacial score (nSPS) is 16.4. The van der Waals surface area contributed by atoms with Crippen LogP contribution in [0.4, 0.5) is 0 Å². The van der Waals surface area contributed by atoms with Crippen LogP contribution in [0.5, 0.6) is 0 Å². The number of piperazine rings is 1. The molecule has 1 aliphatic heterocycles. The molecule has 1 amide bonds. The first-order valence-corrected chi connectivity index (χ1v) is 8.66. The van der Waals surface area contributed by atoms with Gasteiger partial charge in [-0.15, -0.1) is 0 Å². The highest BCUT2D eigenvalue weighted by Crippen LogP contribution is 2.21. The summed E-state index contributed by atoms with van der Waals surface area (Å²) in [4.78, 5) is 21.2. The number of carbonyl (C=O) groups excluding carboxylic acids is 1. The molecular formula is C18H26N4O3. The van der Waals surface area contributed by atoms with E-state index >= 15 is 0 Å². The number of hydrogen-bond acceptors (Lipinski definition) is 6. The number of amides is 1. The summed E-state index contributed by atoms with van der Waals surface area (Å²) < 4.78 is 10.8. The van der Waals surface area contributed by atoms with E-state index in [0.29, 0.717) is 42.7 Å². The van der Waals surface area contributed by atoms with E-state index in [4.69, 9.17) is 8.94 Å². The Morgan fingerprint density at radius 2 is 1.88 bits per heavy atom. The van der Waals surface area contributed by atoms with Crippen molar-refractivity contribution in [1.29, 1.82) is 0 Å². The van der Waals surface area contributed by atoms with Crippen molar-refractivity contribution in [2.45, 2.75) is 46.6 Å². The second kappa shape index (κ2) is 6.63. The molecular weight excluding hydrogens is 320 g/mol. The molecule has 0 bridgehead atoms. The lowest BCUT2D eigenvalue weighted by Gasteiger charge is -2.34. The molecule has 2 aromatic heterocycles. The van der Waals surface area contributed by atoms with Gasteiger partial charge in [0.15, 0.2) is 5.82 Å². The molecule has 3 rings (SSSR count). The van der Waals surface area contributed by atoms with E-state index in [1.807, 2.05) is 45.6 Å². The molecule has 7 nitrogen and oxygen atoms in total. The minimum absolute atomic E-state index is 0.0450. The lowest BCUT2D eigenvalue weighted by Crippen LogP contribution is -2.48. The molecule has 1 aliphatic rings. The van der Waals surface area contributed by atoms with Crippen LogP contribution in [0.3, 0.4) is 0 Å². The molecule has 0 aromatic carbocycles. The van der Waals surface area contributed by atoms with E-state index in [2.05, 4.69) is 15.0 Å². The number of nitrogens with zero attached hydrogens (tertiary/aromatic N) is 4. The minimum Gasteiger partial charge on any atom is -0.466 e. The Kier molecular flexibility index (Phi) is 4.69. The van der Waals surface area contributed by atoms with E-state index in [-0.39, 0.29) is 11.3 Å². The summed E-state index contributed by atoms with van der Waals surface area (Å²) in [5.41, 5.74) is 0.524. The molecule has 1 fully saturated rings. The molecule has 2 aromatic rings. The van der Waals surface area contributed by atoms with Crippen LogP contribution in [0.2, 0.25) is 0 Å². The van der Waals surface area contributed by atoms with Crippen LogP contribution < -0.4 is 0 Å². The Morgan fingerprint density at radius 3 is 2.40 bits per heavy atom. The Labute approximate surface area is 148 Å². The van der Waals surface area contributed by atoms with Gasteiger partial charge in [0.2, 0.25) is 5.89 Å². The maximum absolute atomic E-state index is 12.6. The first-order chi connectivity index (χ1) is 11.7. The molecule has 0 aliphatic carbocycles. The minimum atomic E-state index is -0.142. The number of carbonyl (C=O) groups is 1. The van der Waals surface area contributed by atoms with Crippen LogP contribution in [0.1, 0.15) is 54.4 Å². The SMILES string of the molecule is Cc1cc(C(=O)N2CCN(Cc3noc(C(C)(C)C)n3)CC2)c(C)o1. The van der Waals surface area contributed by atoms with Gasteiger partial charge in [-0.3, -0.25) is 9.69 Å². The summed E-state index contributed by atoms with van der Waals surface area (Å²) in [7, 11) is 0. The van der Waals surface area contributed by atoms with E-state index < -0.39 is 0 Å². The Balaban J connectivity index is 1.56. The fraction of sp³-hybridized carbons (Fsp3) is 0.611. The summed E-state index contributed by atoms with van der Waals surface area (Å²) in [6.45, 7) is 13.4. The fourth-order valence-electron chi connectivity index (χ4n) is 2.95. The summed E-state index contributed by atoms with van der Waals surface area (Å²) in [6, 6.07) is 1.82. The van der Waals surface area contributed by atoms with Crippen LogP contribution in [0, 0.1) is 13.8 Å². The molecule has 0 N–H and O–H groups in total. The predicted octanol–water partition coefficient (Wildman–Crippen LogP) is 2.53. The first-order valence-electron chi connectivity index (χ1n) is 8.66. The third-order valence-corrected chi connectivity index (χ3v) is 4.41. The lowest BCUT2D eigenvalue weighted by molar-refractivity contribution is 0.0622. The maximum Gasteiger partial charge on any atom is 0.257 e. The van der Waals surface area contributed by atoms with Gasteiger partial charge in [-0.05, 0) is 19.9 Å². The lowest BCUT2D eigenvalue weighted by atomic mass is 9.97. The predicted molar refractivity (Wildman–Crippen MR) is 92.4 cm³/mol. The molecule has 25 heavy (non-hydrogen) atoms. The molecule has 1 saturated heterocycles. The number of rotatable bonds is 3. The van der Waals surface area contributed by atoms with Crippen molar-refractivity contribution in [3.05, 3.63) is 34.9 Å². The second-order valence-electron chi connectivity index (χ2n) is 7.66. The van der Waals surface area contributed by atoms with Crippen LogP contribution in [-0.4, -0.2) is 52.0 Å². The van der Waals surface area contributed by atoms with Gasteiger partial charge in [0.25, 0.3) is 5.91 Å². The average molecular weight is 346 g/mol. The molecule has 0 spiro atoms. The van der Waals surface area contributed by atoms with Gasteiger partial charge in [-0.2, -0.15) is 4.98 Å². The van der Waals surface area contributed by atoms with E-state index in [0.717, 1.165) is 18.8 Å². The van der Waals surface area contributed by atoms with Crippen molar-refractivity contribution < 1.29 is 13.7 Å². The standard InChI is InChI=1S/C18H26N4O3/c1-12-10-14(13(2)24-12)16(23)22-8-6-21(7-9-22)11-15-19-17(25-20-15)18(3,4)5/h10H,6-9,11H2,1-5H3. The summed E-state index contributed by atoms with van der Waals surface area (Å²) >= 11 is 0. The summed E-state index contributed by atoms with van der Waals surface area (Å²) in [5, 5.41) is 4.07. The summed E-state index contributed by atoms with van der Waals surface area (Å²) in [5.74, 6) is 2.86. The zero-order valence-corrected chi connectivity index (χ0v) is 15.6. The molecule has 7 heteroatoms. The quantitative estimate of drug-likeness (QED) is 0.850. The third-order valence-electron chi connectivity index (χ3n) is 4.41. The molecule has 136 valence electrons. The van der Waals surface area contributed by atoms with Crippen molar-refractivity contribution in [1.82, 2.24) is 19.9 Å². The highest BCUT2D eigenvalue weighted by Gasteiger charge is 2.26. The molecule has 0 unspecified atom stereocenters. The maximum atomic E-state index is 12.6. The van der Waals surface area contributed by atoms with Gasteiger partial charge in [0.1, 0.15) is 11.5 Å². The number of aryl methyl sites for hydroxylation is 2. The summed E-state index contributed by atoms with van der Waals surface area (Å²) in [6.07, 6.45) is 0. The van der Waals surface area contributed by atoms with Gasteiger partial charge in [-0.1, -0.05) is 25.9 Å². The number of hydrogen-bond donors (Lipinski definition) is 0. The van der Waals surface area contributed by atoms with Crippen molar-refractivity contribution in [2.24, 2.45) is 0 Å². The van der Waals surface area contributed by atoms with Crippen molar-refractivity contribution >= 4 is 5.91 Å². The average Bonchev–Trinajstić information content (AvgIpc) is 3.13. The van der Waals surface area contributed by atoms with Gasteiger partial charge >= 0.3 is 0 Å². The third kappa shape index (κ3) is 3.92. The van der Waals surface area contributed by atoms with Crippen molar-refractivity contribution in [3.8, 4) is 0 Å². The highest BCUT2D eigenvalue weighted by molar-refractivity contribution is 5.95. The number of aromatic nitrogens is 2. The zero-order valence-electron chi connectivity index (χ0n) is 15.6. The first kappa shape index (κ1) is 17.7. The topological polar surface area (TPSA) is 75.6 Å². The van der Waals surface area contributed by atoms with E-state index in [1.54, 1.807) is 0 Å². The monoisotopic (exact) mass is 346 g/mol. The smallest absolute Gasteiger partial charge is 0.257 e. The van der Waals surface area contributed by atoms with Gasteiger partial charge in [0, 0.05) is 31.6 Å². The van der Waals surface area contributed by atoms with Gasteiger partial charge in [-0.25, -0.2) is 0 Å². The van der Waals surface area contributed by atoms with Crippen LogP contribution in [0.25, 0.3) is 0 Å².